The Balaban J connectivity index is 1.83. The van der Waals surface area contributed by atoms with Crippen molar-refractivity contribution >= 4 is 35.3 Å². The predicted octanol–water partition coefficient (Wildman–Crippen LogP) is 4.97. The fourth-order valence-corrected chi connectivity index (χ4v) is 3.31. The first-order chi connectivity index (χ1) is 15.3. The Labute approximate surface area is 190 Å². The Hall–Kier alpha value is -3.25. The third kappa shape index (κ3) is 5.32. The van der Waals surface area contributed by atoms with E-state index in [0.717, 1.165) is 16.4 Å². The number of benzene rings is 2. The summed E-state index contributed by atoms with van der Waals surface area (Å²) in [5.74, 6) is 0.215. The molecule has 0 amide bonds. The molecule has 0 fully saturated rings. The van der Waals surface area contributed by atoms with Gasteiger partial charge in [-0.3, -0.25) is 10.1 Å². The SMILES string of the molecule is COc1ccc(/C=N/n2c(SC)nnc2C(F)F)cc1COc1ccc([N+](=O)[O-])cc1Cl. The minimum atomic E-state index is -2.83. The molecule has 0 radical (unpaired) electrons. The molecule has 0 aliphatic carbocycles. The third-order valence-corrected chi connectivity index (χ3v) is 5.07. The van der Waals surface area contributed by atoms with Crippen molar-refractivity contribution in [2.24, 2.45) is 5.10 Å². The summed E-state index contributed by atoms with van der Waals surface area (Å²) in [4.78, 5) is 10.3. The van der Waals surface area contributed by atoms with Crippen LogP contribution in [0.25, 0.3) is 0 Å². The lowest BCUT2D eigenvalue weighted by Crippen LogP contribution is -2.02. The lowest BCUT2D eigenvalue weighted by molar-refractivity contribution is -0.384. The zero-order chi connectivity index (χ0) is 23.3. The number of nitro groups is 1. The maximum Gasteiger partial charge on any atom is 0.299 e. The van der Waals surface area contributed by atoms with Crippen molar-refractivity contribution in [2.45, 2.75) is 18.2 Å². The van der Waals surface area contributed by atoms with Gasteiger partial charge in [-0.15, -0.1) is 10.2 Å². The number of hydrogen-bond donors (Lipinski definition) is 0. The summed E-state index contributed by atoms with van der Waals surface area (Å²) in [6.07, 6.45) is 0.237. The molecule has 2 aromatic carbocycles. The normalized spacial score (nSPS) is 11.3. The predicted molar refractivity (Wildman–Crippen MR) is 115 cm³/mol. The molecule has 0 bridgehead atoms. The van der Waals surface area contributed by atoms with Crippen LogP contribution >= 0.6 is 23.4 Å². The summed E-state index contributed by atoms with van der Waals surface area (Å²) >= 11 is 7.20. The van der Waals surface area contributed by atoms with Gasteiger partial charge in [0.2, 0.25) is 11.0 Å². The Bertz CT molecular complexity index is 1160. The second-order valence-electron chi connectivity index (χ2n) is 6.13. The van der Waals surface area contributed by atoms with E-state index in [2.05, 4.69) is 15.3 Å². The number of nitro benzene ring substituents is 1. The van der Waals surface area contributed by atoms with Crippen molar-refractivity contribution in [3.05, 3.63) is 68.5 Å². The molecule has 1 heterocycles. The highest BCUT2D eigenvalue weighted by Crippen LogP contribution is 2.30. The van der Waals surface area contributed by atoms with E-state index in [9.17, 15) is 18.9 Å². The molecule has 3 aromatic rings. The minimum absolute atomic E-state index is 0.0351. The van der Waals surface area contributed by atoms with Crippen LogP contribution in [0.3, 0.4) is 0 Å². The van der Waals surface area contributed by atoms with Gasteiger partial charge in [0.15, 0.2) is 0 Å². The second-order valence-corrected chi connectivity index (χ2v) is 7.31. The summed E-state index contributed by atoms with van der Waals surface area (Å²) in [5.41, 5.74) is 1.05. The quantitative estimate of drug-likeness (QED) is 0.183. The Morgan fingerprint density at radius 3 is 2.66 bits per heavy atom. The monoisotopic (exact) mass is 483 g/mol. The molecule has 0 unspecified atom stereocenters. The van der Waals surface area contributed by atoms with E-state index in [0.29, 0.717) is 16.9 Å². The van der Waals surface area contributed by atoms with Gasteiger partial charge in [-0.05, 0) is 36.1 Å². The maximum atomic E-state index is 13.1. The van der Waals surface area contributed by atoms with E-state index in [1.54, 1.807) is 24.5 Å². The van der Waals surface area contributed by atoms with Gasteiger partial charge in [0.1, 0.15) is 18.1 Å². The number of alkyl halides is 2. The third-order valence-electron chi connectivity index (χ3n) is 4.15. The minimum Gasteiger partial charge on any atom is -0.496 e. The van der Waals surface area contributed by atoms with Crippen molar-refractivity contribution in [3.63, 3.8) is 0 Å². The standard InChI is InChI=1S/C19H16ClF2N5O4S/c1-30-15-5-3-11(9-23-26-18(17(21)22)24-25-19(26)32-2)7-12(15)10-31-16-6-4-13(27(28)29)8-14(16)20/h3-9,17H,10H2,1-2H3/b23-9+. The average molecular weight is 484 g/mol. The highest BCUT2D eigenvalue weighted by atomic mass is 35.5. The first-order valence-corrected chi connectivity index (χ1v) is 10.5. The van der Waals surface area contributed by atoms with Crippen molar-refractivity contribution in [3.8, 4) is 11.5 Å². The summed E-state index contributed by atoms with van der Waals surface area (Å²) in [5, 5.41) is 22.4. The Kier molecular flexibility index (Phi) is 7.59. The molecule has 0 saturated carbocycles. The summed E-state index contributed by atoms with van der Waals surface area (Å²) < 4.78 is 38.3. The molecule has 168 valence electrons. The highest BCUT2D eigenvalue weighted by Gasteiger charge is 2.19. The smallest absolute Gasteiger partial charge is 0.299 e. The van der Waals surface area contributed by atoms with Crippen molar-refractivity contribution in [1.29, 1.82) is 0 Å². The summed E-state index contributed by atoms with van der Waals surface area (Å²) in [6, 6.07) is 8.95. The van der Waals surface area contributed by atoms with Crippen molar-refractivity contribution in [1.82, 2.24) is 14.9 Å². The Morgan fingerprint density at radius 1 is 1.28 bits per heavy atom. The van der Waals surface area contributed by atoms with Crippen LogP contribution in [-0.2, 0) is 6.61 Å². The molecular formula is C19H16ClF2N5O4S. The lowest BCUT2D eigenvalue weighted by Gasteiger charge is -2.12. The molecule has 1 aromatic heterocycles. The van der Waals surface area contributed by atoms with Crippen molar-refractivity contribution < 1.29 is 23.2 Å². The highest BCUT2D eigenvalue weighted by molar-refractivity contribution is 7.98. The van der Waals surface area contributed by atoms with Crippen LogP contribution in [0.1, 0.15) is 23.4 Å². The van der Waals surface area contributed by atoms with E-state index < -0.39 is 17.2 Å². The second kappa shape index (κ2) is 10.4. The van der Waals surface area contributed by atoms with Gasteiger partial charge in [-0.2, -0.15) is 9.78 Å². The number of ether oxygens (including phenoxy) is 2. The van der Waals surface area contributed by atoms with E-state index in [4.69, 9.17) is 21.1 Å². The zero-order valence-corrected chi connectivity index (χ0v) is 18.3. The van der Waals surface area contributed by atoms with Crippen LogP contribution in [0.2, 0.25) is 5.02 Å². The van der Waals surface area contributed by atoms with Gasteiger partial charge in [0.05, 0.1) is 23.3 Å². The van der Waals surface area contributed by atoms with E-state index in [1.165, 1.54) is 31.5 Å². The van der Waals surface area contributed by atoms with Crippen LogP contribution < -0.4 is 9.47 Å². The van der Waals surface area contributed by atoms with Crippen LogP contribution in [0, 0.1) is 10.1 Å². The maximum absolute atomic E-state index is 13.1. The summed E-state index contributed by atoms with van der Waals surface area (Å²) in [6.45, 7) is 0.0351. The number of halogens is 3. The van der Waals surface area contributed by atoms with Gasteiger partial charge in [-0.1, -0.05) is 23.4 Å². The molecule has 3 rings (SSSR count). The van der Waals surface area contributed by atoms with Gasteiger partial charge in [0.25, 0.3) is 12.1 Å². The fourth-order valence-electron chi connectivity index (χ4n) is 2.64. The molecule has 13 heteroatoms. The van der Waals surface area contributed by atoms with E-state index in [1.807, 2.05) is 0 Å². The Morgan fingerprint density at radius 2 is 2.03 bits per heavy atom. The number of methoxy groups -OCH3 is 1. The molecule has 9 nitrogen and oxygen atoms in total. The average Bonchev–Trinajstić information content (AvgIpc) is 3.20. The van der Waals surface area contributed by atoms with Crippen LogP contribution in [0.15, 0.2) is 46.7 Å². The molecule has 0 atom stereocenters. The van der Waals surface area contributed by atoms with Gasteiger partial charge >= 0.3 is 0 Å². The van der Waals surface area contributed by atoms with Crippen molar-refractivity contribution in [2.75, 3.05) is 13.4 Å². The first kappa shape index (κ1) is 23.4. The fraction of sp³-hybridized carbons (Fsp3) is 0.211. The van der Waals surface area contributed by atoms with Crippen LogP contribution in [0.5, 0.6) is 11.5 Å². The van der Waals surface area contributed by atoms with Crippen LogP contribution in [0.4, 0.5) is 14.5 Å². The lowest BCUT2D eigenvalue weighted by atomic mass is 10.1. The number of aromatic nitrogens is 3. The number of hydrogen-bond acceptors (Lipinski definition) is 8. The first-order valence-electron chi connectivity index (χ1n) is 8.89. The topological polar surface area (TPSA) is 105 Å². The van der Waals surface area contributed by atoms with Gasteiger partial charge in [-0.25, -0.2) is 8.78 Å². The molecular weight excluding hydrogens is 468 g/mol. The largest absolute Gasteiger partial charge is 0.496 e. The van der Waals surface area contributed by atoms with E-state index in [-0.39, 0.29) is 28.2 Å². The number of thioether (sulfide) groups is 1. The molecule has 0 aliphatic rings. The summed E-state index contributed by atoms with van der Waals surface area (Å²) in [7, 11) is 1.49. The number of nitrogens with zero attached hydrogens (tertiary/aromatic N) is 5. The molecule has 0 saturated heterocycles. The molecule has 0 aliphatic heterocycles. The molecule has 0 spiro atoms. The van der Waals surface area contributed by atoms with Gasteiger partial charge < -0.3 is 9.47 Å². The molecule has 0 N–H and O–H groups in total. The zero-order valence-electron chi connectivity index (χ0n) is 16.7. The van der Waals surface area contributed by atoms with Crippen LogP contribution in [-0.4, -0.2) is 39.4 Å². The number of non-ortho nitro benzene ring substituents is 1. The molecule has 32 heavy (non-hydrogen) atoms. The van der Waals surface area contributed by atoms with Gasteiger partial charge in [0, 0.05) is 17.7 Å². The van der Waals surface area contributed by atoms with E-state index >= 15 is 0 Å². The number of rotatable bonds is 9.